The van der Waals surface area contributed by atoms with Crippen molar-refractivity contribution in [1.29, 1.82) is 0 Å². The number of carbonyl (C=O) groups excluding carboxylic acids is 1. The normalized spacial score (nSPS) is 21.9. The Bertz CT molecular complexity index is 245. The van der Waals surface area contributed by atoms with Crippen molar-refractivity contribution in [3.63, 3.8) is 0 Å². The number of nitrogens with zero attached hydrogens (tertiary/aromatic N) is 2. The van der Waals surface area contributed by atoms with Crippen LogP contribution < -0.4 is 16.0 Å². The van der Waals surface area contributed by atoms with Crippen LogP contribution in [0.25, 0.3) is 0 Å². The summed E-state index contributed by atoms with van der Waals surface area (Å²) >= 11 is 0. The average molecular weight is 258 g/mol. The Balaban J connectivity index is 2.53. The van der Waals surface area contributed by atoms with E-state index >= 15 is 0 Å². The molecule has 0 bridgehead atoms. The van der Waals surface area contributed by atoms with Gasteiger partial charge in [0.2, 0.25) is 0 Å². The molecule has 0 unspecified atom stereocenters. The fourth-order valence-electron chi connectivity index (χ4n) is 1.96. The predicted molar refractivity (Wildman–Crippen MR) is 73.0 cm³/mol. The maximum atomic E-state index is 11.7. The minimum atomic E-state index is 0.170. The monoisotopic (exact) mass is 258 g/mol. The van der Waals surface area contributed by atoms with Crippen LogP contribution in [0.4, 0.5) is 0 Å². The van der Waals surface area contributed by atoms with Gasteiger partial charge in [-0.25, -0.2) is 4.79 Å². The molecule has 3 N–H and O–H groups in total. The van der Waals surface area contributed by atoms with Crippen molar-refractivity contribution in [3.05, 3.63) is 0 Å². The van der Waals surface area contributed by atoms with Gasteiger partial charge in [0.05, 0.1) is 34.1 Å². The van der Waals surface area contributed by atoms with Crippen LogP contribution in [0, 0.1) is 0 Å². The van der Waals surface area contributed by atoms with Crippen LogP contribution >= 0.6 is 0 Å². The van der Waals surface area contributed by atoms with Gasteiger partial charge in [0.1, 0.15) is 0 Å². The molecule has 106 valence electrons. The van der Waals surface area contributed by atoms with Crippen molar-refractivity contribution in [3.8, 4) is 0 Å². The number of amides is 1. The Morgan fingerprint density at radius 3 is 1.67 bits per heavy atom. The summed E-state index contributed by atoms with van der Waals surface area (Å²) in [6.45, 7) is 9.18. The Hall–Kier alpha value is -0.530. The van der Waals surface area contributed by atoms with E-state index in [1.54, 1.807) is 6.92 Å². The summed E-state index contributed by atoms with van der Waals surface area (Å²) in [5.74, 6) is 0.170. The van der Waals surface area contributed by atoms with E-state index < -0.39 is 0 Å². The SMILES string of the molecule is CC(=O)[N+](C)(C)N1CCNCCNCCNCC1. The molecule has 0 aromatic rings. The summed E-state index contributed by atoms with van der Waals surface area (Å²) in [6.07, 6.45) is 0. The van der Waals surface area contributed by atoms with E-state index in [4.69, 9.17) is 0 Å². The van der Waals surface area contributed by atoms with Gasteiger partial charge in [0.25, 0.3) is 0 Å². The number of quaternary nitrogens is 1. The Morgan fingerprint density at radius 2 is 1.28 bits per heavy atom. The van der Waals surface area contributed by atoms with Crippen LogP contribution in [0.15, 0.2) is 0 Å². The highest BCUT2D eigenvalue weighted by Crippen LogP contribution is 2.05. The van der Waals surface area contributed by atoms with Crippen molar-refractivity contribution >= 4 is 5.91 Å². The summed E-state index contributed by atoms with van der Waals surface area (Å²) in [7, 11) is 3.91. The molecule has 0 aromatic heterocycles. The maximum absolute atomic E-state index is 11.7. The second-order valence-corrected chi connectivity index (χ2v) is 5.12. The van der Waals surface area contributed by atoms with E-state index in [0.29, 0.717) is 4.59 Å². The number of hydrogen-bond acceptors (Lipinski definition) is 5. The summed E-state index contributed by atoms with van der Waals surface area (Å²) in [5.41, 5.74) is 0. The second kappa shape index (κ2) is 7.81. The molecule has 1 aliphatic rings. The van der Waals surface area contributed by atoms with Gasteiger partial charge in [0, 0.05) is 39.3 Å². The third kappa shape index (κ3) is 4.99. The summed E-state index contributed by atoms with van der Waals surface area (Å²) < 4.78 is 0.321. The molecule has 1 saturated heterocycles. The minimum Gasteiger partial charge on any atom is -0.314 e. The first-order valence-electron chi connectivity index (χ1n) is 6.78. The van der Waals surface area contributed by atoms with Gasteiger partial charge < -0.3 is 16.0 Å². The Morgan fingerprint density at radius 1 is 0.889 bits per heavy atom. The first-order chi connectivity index (χ1) is 8.55. The molecule has 0 radical (unpaired) electrons. The topological polar surface area (TPSA) is 56.4 Å². The molecule has 0 spiro atoms. The highest BCUT2D eigenvalue weighted by Gasteiger charge is 2.30. The molecular weight excluding hydrogens is 230 g/mol. The van der Waals surface area contributed by atoms with Crippen LogP contribution in [0.2, 0.25) is 0 Å². The number of nitrogens with one attached hydrogen (secondary N) is 3. The van der Waals surface area contributed by atoms with Crippen molar-refractivity contribution in [2.75, 3.05) is 66.5 Å². The van der Waals surface area contributed by atoms with Gasteiger partial charge >= 0.3 is 5.91 Å². The fourth-order valence-corrected chi connectivity index (χ4v) is 1.96. The van der Waals surface area contributed by atoms with Crippen LogP contribution in [-0.4, -0.2) is 82.0 Å². The molecule has 1 amide bonds. The molecule has 6 heteroatoms. The fraction of sp³-hybridized carbons (Fsp3) is 0.917. The highest BCUT2D eigenvalue weighted by molar-refractivity contribution is 5.64. The highest BCUT2D eigenvalue weighted by atomic mass is 16.2. The van der Waals surface area contributed by atoms with E-state index in [0.717, 1.165) is 52.4 Å². The average Bonchev–Trinajstić information content (AvgIpc) is 2.29. The first kappa shape index (κ1) is 15.5. The minimum absolute atomic E-state index is 0.170. The predicted octanol–water partition coefficient (Wildman–Crippen LogP) is -1.39. The number of rotatable bonds is 1. The van der Waals surface area contributed by atoms with E-state index in [9.17, 15) is 4.79 Å². The summed E-state index contributed by atoms with van der Waals surface area (Å²) in [4.78, 5) is 11.7. The van der Waals surface area contributed by atoms with E-state index in [1.807, 2.05) is 14.1 Å². The summed E-state index contributed by atoms with van der Waals surface area (Å²) in [5, 5.41) is 12.4. The van der Waals surface area contributed by atoms with Crippen LogP contribution in [0.5, 0.6) is 0 Å². The molecule has 6 nitrogen and oxygen atoms in total. The second-order valence-electron chi connectivity index (χ2n) is 5.12. The maximum Gasteiger partial charge on any atom is 0.329 e. The molecule has 0 atom stereocenters. The van der Waals surface area contributed by atoms with Gasteiger partial charge in [-0.05, 0) is 0 Å². The molecule has 0 aliphatic carbocycles. The lowest BCUT2D eigenvalue weighted by Crippen LogP contribution is -2.60. The molecule has 1 aliphatic heterocycles. The smallest absolute Gasteiger partial charge is 0.314 e. The van der Waals surface area contributed by atoms with Crippen LogP contribution in [0.3, 0.4) is 0 Å². The van der Waals surface area contributed by atoms with E-state index in [1.165, 1.54) is 0 Å². The Kier molecular flexibility index (Phi) is 6.73. The standard InChI is InChI=1S/C12H28N5O/c1-12(18)17(2,3)16-10-8-14-6-4-13-5-7-15-9-11-16/h13-15H,4-11H2,1-3H3/q+1. The number of carbonyl (C=O) groups is 1. The van der Waals surface area contributed by atoms with Crippen LogP contribution in [0.1, 0.15) is 6.92 Å². The van der Waals surface area contributed by atoms with Crippen molar-refractivity contribution < 1.29 is 9.39 Å². The molecule has 0 aromatic carbocycles. The zero-order valence-electron chi connectivity index (χ0n) is 12.0. The molecule has 1 rings (SSSR count). The van der Waals surface area contributed by atoms with Gasteiger partial charge in [-0.2, -0.15) is 4.59 Å². The Labute approximate surface area is 110 Å². The molecule has 1 heterocycles. The lowest BCUT2D eigenvalue weighted by Gasteiger charge is -2.37. The quantitative estimate of drug-likeness (QED) is 0.506. The largest absolute Gasteiger partial charge is 0.329 e. The molecule has 1 fully saturated rings. The van der Waals surface area contributed by atoms with E-state index in [-0.39, 0.29) is 5.91 Å². The zero-order chi connectivity index (χ0) is 13.4. The van der Waals surface area contributed by atoms with Gasteiger partial charge in [-0.1, -0.05) is 0 Å². The van der Waals surface area contributed by atoms with Crippen molar-refractivity contribution in [2.45, 2.75) is 6.92 Å². The van der Waals surface area contributed by atoms with Gasteiger partial charge in [0.15, 0.2) is 0 Å². The van der Waals surface area contributed by atoms with Gasteiger partial charge in [-0.15, -0.1) is 5.01 Å². The van der Waals surface area contributed by atoms with Crippen molar-refractivity contribution in [1.82, 2.24) is 21.0 Å². The van der Waals surface area contributed by atoms with Crippen molar-refractivity contribution in [2.24, 2.45) is 0 Å². The third-order valence-corrected chi connectivity index (χ3v) is 3.53. The first-order valence-corrected chi connectivity index (χ1v) is 6.78. The van der Waals surface area contributed by atoms with E-state index in [2.05, 4.69) is 21.0 Å². The van der Waals surface area contributed by atoms with Gasteiger partial charge in [-0.3, -0.25) is 0 Å². The molecule has 0 saturated carbocycles. The lowest BCUT2D eigenvalue weighted by molar-refractivity contribution is -0.934. The molecule has 18 heavy (non-hydrogen) atoms. The summed E-state index contributed by atoms with van der Waals surface area (Å²) in [6, 6.07) is 0. The number of hydrogen-bond donors (Lipinski definition) is 3. The third-order valence-electron chi connectivity index (χ3n) is 3.53. The molecular formula is C12H28N5O+. The lowest BCUT2D eigenvalue weighted by atomic mass is 10.4. The van der Waals surface area contributed by atoms with Crippen LogP contribution in [-0.2, 0) is 4.79 Å². The zero-order valence-corrected chi connectivity index (χ0v) is 12.0.